The van der Waals surface area contributed by atoms with Gasteiger partial charge >= 0.3 is 5.97 Å². The third kappa shape index (κ3) is 3.68. The van der Waals surface area contributed by atoms with Crippen LogP contribution in [0.15, 0.2) is 18.2 Å². The molecule has 0 unspecified atom stereocenters. The van der Waals surface area contributed by atoms with Crippen LogP contribution in [-0.4, -0.2) is 29.1 Å². The summed E-state index contributed by atoms with van der Waals surface area (Å²) in [5.41, 5.74) is -0.931. The lowest BCUT2D eigenvalue weighted by molar-refractivity contribution is -0.125. The molecule has 0 heterocycles. The summed E-state index contributed by atoms with van der Waals surface area (Å²) >= 11 is 5.67. The highest BCUT2D eigenvalue weighted by atomic mass is 35.5. The Kier molecular flexibility index (Phi) is 4.88. The van der Waals surface area contributed by atoms with Crippen molar-refractivity contribution in [1.29, 1.82) is 5.26 Å². The number of rotatable bonds is 4. The molecular formula is C15H15ClN2O4. The molecule has 1 fully saturated rings. The quantitative estimate of drug-likeness (QED) is 0.827. The van der Waals surface area contributed by atoms with E-state index in [0.717, 1.165) is 12.8 Å². The molecule has 1 amide bonds. The number of nitriles is 1. The standard InChI is InChI=1S/C15H15ClN2O4/c16-10-3-4-11(12(19)7-10)14(21)22-8-13(20)18-15(9-17)5-1-2-6-15/h3-4,7,19H,1-2,5-6,8H2,(H,18,20). The van der Waals surface area contributed by atoms with Gasteiger partial charge in [0.1, 0.15) is 16.9 Å². The number of esters is 1. The van der Waals surface area contributed by atoms with E-state index in [-0.39, 0.29) is 16.3 Å². The molecule has 0 aromatic heterocycles. The first kappa shape index (κ1) is 16.1. The van der Waals surface area contributed by atoms with Crippen molar-refractivity contribution in [3.05, 3.63) is 28.8 Å². The Morgan fingerprint density at radius 1 is 1.41 bits per heavy atom. The first-order chi connectivity index (χ1) is 10.5. The zero-order valence-corrected chi connectivity index (χ0v) is 12.5. The average Bonchev–Trinajstić information content (AvgIpc) is 2.94. The molecule has 6 nitrogen and oxygen atoms in total. The number of aromatic hydroxyl groups is 1. The maximum absolute atomic E-state index is 11.8. The third-order valence-corrected chi connectivity index (χ3v) is 3.80. The van der Waals surface area contributed by atoms with Crippen LogP contribution in [0.1, 0.15) is 36.0 Å². The number of phenolic OH excluding ortho intramolecular Hbond substituents is 1. The molecule has 0 aliphatic heterocycles. The second kappa shape index (κ2) is 6.67. The van der Waals surface area contributed by atoms with Gasteiger partial charge in [0, 0.05) is 5.02 Å². The fourth-order valence-electron chi connectivity index (χ4n) is 2.43. The molecule has 7 heteroatoms. The summed E-state index contributed by atoms with van der Waals surface area (Å²) < 4.78 is 4.85. The molecule has 2 N–H and O–H groups in total. The van der Waals surface area contributed by atoms with Crippen molar-refractivity contribution in [2.45, 2.75) is 31.2 Å². The summed E-state index contributed by atoms with van der Waals surface area (Å²) in [7, 11) is 0. The van der Waals surface area contributed by atoms with Gasteiger partial charge in [0.25, 0.3) is 5.91 Å². The van der Waals surface area contributed by atoms with E-state index in [1.807, 2.05) is 0 Å². The monoisotopic (exact) mass is 322 g/mol. The maximum Gasteiger partial charge on any atom is 0.342 e. The lowest BCUT2D eigenvalue weighted by Gasteiger charge is -2.21. The van der Waals surface area contributed by atoms with Gasteiger partial charge in [0.05, 0.1) is 6.07 Å². The molecule has 0 atom stereocenters. The number of carbonyl (C=O) groups excluding carboxylic acids is 2. The first-order valence-electron chi connectivity index (χ1n) is 6.84. The van der Waals surface area contributed by atoms with Crippen molar-refractivity contribution < 1.29 is 19.4 Å². The molecule has 0 saturated heterocycles. The lowest BCUT2D eigenvalue weighted by atomic mass is 10.00. The molecular weight excluding hydrogens is 308 g/mol. The highest BCUT2D eigenvalue weighted by Gasteiger charge is 2.35. The molecule has 0 bridgehead atoms. The lowest BCUT2D eigenvalue weighted by Crippen LogP contribution is -2.46. The zero-order chi connectivity index (χ0) is 16.2. The van der Waals surface area contributed by atoms with Gasteiger partial charge in [-0.05, 0) is 43.9 Å². The topological polar surface area (TPSA) is 99.4 Å². The smallest absolute Gasteiger partial charge is 0.342 e. The number of amides is 1. The van der Waals surface area contributed by atoms with Gasteiger partial charge in [0.2, 0.25) is 0 Å². The summed E-state index contributed by atoms with van der Waals surface area (Å²) in [4.78, 5) is 23.6. The number of hydrogen-bond acceptors (Lipinski definition) is 5. The molecule has 0 spiro atoms. The predicted molar refractivity (Wildman–Crippen MR) is 78.4 cm³/mol. The van der Waals surface area contributed by atoms with Gasteiger partial charge in [-0.2, -0.15) is 5.26 Å². The Morgan fingerprint density at radius 3 is 2.68 bits per heavy atom. The number of nitrogens with zero attached hydrogens (tertiary/aromatic N) is 1. The predicted octanol–water partition coefficient (Wildman–Crippen LogP) is 2.15. The van der Waals surface area contributed by atoms with E-state index in [0.29, 0.717) is 12.8 Å². The minimum absolute atomic E-state index is 0.0759. The number of nitrogens with one attached hydrogen (secondary N) is 1. The van der Waals surface area contributed by atoms with Gasteiger partial charge in [-0.25, -0.2) is 4.79 Å². The summed E-state index contributed by atoms with van der Waals surface area (Å²) in [6, 6.07) is 6.07. The SMILES string of the molecule is N#CC1(NC(=O)COC(=O)c2ccc(Cl)cc2O)CCCC1. The fourth-order valence-corrected chi connectivity index (χ4v) is 2.60. The Balaban J connectivity index is 1.91. The van der Waals surface area contributed by atoms with Crippen molar-refractivity contribution >= 4 is 23.5 Å². The molecule has 0 radical (unpaired) electrons. The van der Waals surface area contributed by atoms with Crippen molar-refractivity contribution in [2.75, 3.05) is 6.61 Å². The minimum Gasteiger partial charge on any atom is -0.507 e. The normalized spacial score (nSPS) is 15.8. The molecule has 1 aliphatic carbocycles. The summed E-state index contributed by atoms with van der Waals surface area (Å²) in [5, 5.41) is 21.7. The number of phenols is 1. The number of ether oxygens (including phenoxy) is 1. The van der Waals surface area contributed by atoms with Crippen LogP contribution in [0.2, 0.25) is 5.02 Å². The van der Waals surface area contributed by atoms with Crippen LogP contribution in [0.3, 0.4) is 0 Å². The number of halogens is 1. The van der Waals surface area contributed by atoms with E-state index >= 15 is 0 Å². The first-order valence-corrected chi connectivity index (χ1v) is 7.21. The van der Waals surface area contributed by atoms with Gasteiger partial charge in [-0.1, -0.05) is 11.6 Å². The molecule has 1 aliphatic rings. The Labute approximate surface area is 132 Å². The number of carbonyl (C=O) groups is 2. The molecule has 1 aromatic carbocycles. The largest absolute Gasteiger partial charge is 0.507 e. The van der Waals surface area contributed by atoms with Gasteiger partial charge in [0.15, 0.2) is 6.61 Å². The van der Waals surface area contributed by atoms with E-state index in [4.69, 9.17) is 21.6 Å². The second-order valence-electron chi connectivity index (χ2n) is 5.19. The van der Waals surface area contributed by atoms with Crippen molar-refractivity contribution in [3.8, 4) is 11.8 Å². The van der Waals surface area contributed by atoms with Crippen LogP contribution in [-0.2, 0) is 9.53 Å². The number of hydrogen-bond donors (Lipinski definition) is 2. The molecule has 22 heavy (non-hydrogen) atoms. The van der Waals surface area contributed by atoms with Crippen LogP contribution in [0.4, 0.5) is 0 Å². The minimum atomic E-state index is -0.855. The van der Waals surface area contributed by atoms with E-state index in [1.54, 1.807) is 0 Å². The van der Waals surface area contributed by atoms with Crippen molar-refractivity contribution in [1.82, 2.24) is 5.32 Å². The summed E-state index contributed by atoms with van der Waals surface area (Å²) in [6.07, 6.45) is 2.96. The molecule has 116 valence electrons. The van der Waals surface area contributed by atoms with Crippen LogP contribution in [0.25, 0.3) is 0 Å². The number of benzene rings is 1. The highest BCUT2D eigenvalue weighted by Crippen LogP contribution is 2.28. The van der Waals surface area contributed by atoms with E-state index in [2.05, 4.69) is 11.4 Å². The maximum atomic E-state index is 11.8. The molecule has 2 rings (SSSR count). The molecule has 1 saturated carbocycles. The summed E-state index contributed by atoms with van der Waals surface area (Å²) in [5.74, 6) is -1.69. The van der Waals surface area contributed by atoms with E-state index in [1.165, 1.54) is 18.2 Å². The van der Waals surface area contributed by atoms with Crippen LogP contribution >= 0.6 is 11.6 Å². The van der Waals surface area contributed by atoms with Gasteiger partial charge in [-0.15, -0.1) is 0 Å². The Morgan fingerprint density at radius 2 is 2.09 bits per heavy atom. The third-order valence-electron chi connectivity index (χ3n) is 3.56. The van der Waals surface area contributed by atoms with Crippen LogP contribution < -0.4 is 5.32 Å². The fraction of sp³-hybridized carbons (Fsp3) is 0.400. The van der Waals surface area contributed by atoms with Gasteiger partial charge in [-0.3, -0.25) is 4.79 Å². The van der Waals surface area contributed by atoms with E-state index in [9.17, 15) is 14.7 Å². The Bertz CT molecular complexity index is 633. The second-order valence-corrected chi connectivity index (χ2v) is 5.62. The van der Waals surface area contributed by atoms with Crippen molar-refractivity contribution in [3.63, 3.8) is 0 Å². The summed E-state index contributed by atoms with van der Waals surface area (Å²) in [6.45, 7) is -0.510. The van der Waals surface area contributed by atoms with Gasteiger partial charge < -0.3 is 15.2 Å². The Hall–Kier alpha value is -2.26. The molecule has 1 aromatic rings. The van der Waals surface area contributed by atoms with Crippen LogP contribution in [0.5, 0.6) is 5.75 Å². The zero-order valence-electron chi connectivity index (χ0n) is 11.8. The van der Waals surface area contributed by atoms with Crippen molar-refractivity contribution in [2.24, 2.45) is 0 Å². The van der Waals surface area contributed by atoms with Crippen LogP contribution in [0, 0.1) is 11.3 Å². The average molecular weight is 323 g/mol. The van der Waals surface area contributed by atoms with E-state index < -0.39 is 24.0 Å². The highest BCUT2D eigenvalue weighted by molar-refractivity contribution is 6.30.